The number of benzene rings is 1. The van der Waals surface area contributed by atoms with Crippen molar-refractivity contribution in [2.45, 2.75) is 61.9 Å². The van der Waals surface area contributed by atoms with Crippen molar-refractivity contribution in [1.29, 1.82) is 0 Å². The van der Waals surface area contributed by atoms with Crippen LogP contribution in [0.1, 0.15) is 37.3 Å². The van der Waals surface area contributed by atoms with Crippen LogP contribution in [-0.2, 0) is 26.2 Å². The molecule has 2 heterocycles. The molecule has 1 saturated heterocycles. The van der Waals surface area contributed by atoms with Crippen LogP contribution in [0.25, 0.3) is 0 Å². The topological polar surface area (TPSA) is 117 Å². The minimum atomic E-state index is -1.56. The number of likely N-dealkylation sites (tertiary alicyclic amines) is 1. The highest BCUT2D eigenvalue weighted by Gasteiger charge is 2.72. The molecule has 3 N–H and O–H groups in total. The molecule has 2 aliphatic heterocycles. The summed E-state index contributed by atoms with van der Waals surface area (Å²) in [6.45, 7) is 2.01. The average molecular weight is 415 g/mol. The van der Waals surface area contributed by atoms with Crippen molar-refractivity contribution in [3.63, 3.8) is 0 Å². The normalized spacial score (nSPS) is 34.5. The maximum absolute atomic E-state index is 12.4. The first-order valence-electron chi connectivity index (χ1n) is 10.2. The van der Waals surface area contributed by atoms with E-state index in [0.29, 0.717) is 18.6 Å². The fourth-order valence-corrected chi connectivity index (χ4v) is 5.98. The Morgan fingerprint density at radius 3 is 2.90 bits per heavy atom. The number of ketones is 1. The van der Waals surface area contributed by atoms with Crippen molar-refractivity contribution in [2.75, 3.05) is 13.6 Å². The second kappa shape index (κ2) is 6.29. The van der Waals surface area contributed by atoms with Crippen LogP contribution >= 0.6 is 0 Å². The van der Waals surface area contributed by atoms with Crippen LogP contribution in [0.2, 0.25) is 0 Å². The van der Waals surface area contributed by atoms with Gasteiger partial charge in [0.05, 0.1) is 11.0 Å². The third-order valence-electron chi connectivity index (χ3n) is 7.32. The van der Waals surface area contributed by atoms with Gasteiger partial charge in [0.15, 0.2) is 23.7 Å². The number of rotatable bonds is 4. The van der Waals surface area contributed by atoms with E-state index in [1.807, 2.05) is 13.1 Å². The second-order valence-electron chi connectivity index (χ2n) is 8.95. The Balaban J connectivity index is 1.60. The predicted octanol–water partition coefficient (Wildman–Crippen LogP) is 0.553. The lowest BCUT2D eigenvalue weighted by Crippen LogP contribution is -2.74. The third-order valence-corrected chi connectivity index (χ3v) is 7.32. The van der Waals surface area contributed by atoms with Crippen LogP contribution in [0.3, 0.4) is 0 Å². The van der Waals surface area contributed by atoms with Gasteiger partial charge in [-0.15, -0.1) is 0 Å². The van der Waals surface area contributed by atoms with Gasteiger partial charge in [0.1, 0.15) is 11.5 Å². The van der Waals surface area contributed by atoms with Gasteiger partial charge in [-0.25, -0.2) is 4.79 Å². The largest absolute Gasteiger partial charge is 0.504 e. The van der Waals surface area contributed by atoms with Crippen molar-refractivity contribution >= 4 is 11.8 Å². The molecule has 0 unspecified atom stereocenters. The summed E-state index contributed by atoms with van der Waals surface area (Å²) in [6, 6.07) is 3.32. The van der Waals surface area contributed by atoms with E-state index in [9.17, 15) is 24.9 Å². The Hall–Kier alpha value is -2.42. The van der Waals surface area contributed by atoms with Gasteiger partial charge >= 0.3 is 5.97 Å². The first-order chi connectivity index (χ1) is 14.2. The van der Waals surface area contributed by atoms with Gasteiger partial charge in [-0.3, -0.25) is 4.79 Å². The molecule has 5 atom stereocenters. The van der Waals surface area contributed by atoms with Crippen molar-refractivity contribution in [1.82, 2.24) is 4.90 Å². The van der Waals surface area contributed by atoms with Crippen molar-refractivity contribution < 1.29 is 34.4 Å². The summed E-state index contributed by atoms with van der Waals surface area (Å²) in [5.74, 6) is -0.734. The number of hydrogen-bond donors (Lipinski definition) is 3. The molecule has 5 rings (SSSR count). The number of esters is 1. The van der Waals surface area contributed by atoms with Gasteiger partial charge < -0.3 is 29.7 Å². The quantitative estimate of drug-likeness (QED) is 0.611. The molecule has 1 spiro atoms. The fourth-order valence-electron chi connectivity index (χ4n) is 5.98. The van der Waals surface area contributed by atoms with Crippen LogP contribution < -0.4 is 4.74 Å². The summed E-state index contributed by atoms with van der Waals surface area (Å²) in [5.41, 5.74) is -0.201. The van der Waals surface area contributed by atoms with E-state index in [4.69, 9.17) is 9.47 Å². The third kappa shape index (κ3) is 2.32. The van der Waals surface area contributed by atoms with Crippen molar-refractivity contribution in [3.8, 4) is 11.5 Å². The number of likely N-dealkylation sites (N-methyl/N-ethyl adjacent to an activating group) is 1. The molecule has 8 heteroatoms. The van der Waals surface area contributed by atoms with E-state index >= 15 is 0 Å². The molecule has 1 fully saturated rings. The highest BCUT2D eigenvalue weighted by molar-refractivity contribution is 5.84. The molecular formula is C22H25NO7. The molecule has 0 amide bonds. The minimum Gasteiger partial charge on any atom is -0.504 e. The molecule has 2 bridgehead atoms. The number of phenols is 1. The molecule has 0 radical (unpaired) electrons. The standard InChI is InChI=1S/C22H25NO7/c1-11(24)9-14(26)20(27)29-15-5-6-22(28)16-10-12-3-4-13(25)18-17(12)21(22,19(15)30-18)7-8-23(16)2/h3-5,14,16,19,25-26,28H,6-10H2,1-2H3/t14-,16+,19-,21-,22+/m0/s1. The number of carbonyl (C=O) groups is 2. The zero-order valence-electron chi connectivity index (χ0n) is 16.9. The van der Waals surface area contributed by atoms with Crippen molar-refractivity contribution in [2.24, 2.45) is 0 Å². The number of Topliss-reactive ketones (excluding diaryl/α,β-unsaturated/α-hetero) is 1. The number of carbonyl (C=O) groups excluding carboxylic acids is 2. The smallest absolute Gasteiger partial charge is 0.340 e. The molecule has 1 aromatic carbocycles. The molecule has 2 aliphatic carbocycles. The highest BCUT2D eigenvalue weighted by Crippen LogP contribution is 2.65. The van der Waals surface area contributed by atoms with Gasteiger partial charge in [-0.2, -0.15) is 0 Å². The van der Waals surface area contributed by atoms with E-state index in [1.54, 1.807) is 12.1 Å². The Labute approximate surface area is 173 Å². The summed E-state index contributed by atoms with van der Waals surface area (Å²) >= 11 is 0. The summed E-state index contributed by atoms with van der Waals surface area (Å²) in [5, 5.41) is 32.4. The highest BCUT2D eigenvalue weighted by atomic mass is 16.6. The molecule has 30 heavy (non-hydrogen) atoms. The van der Waals surface area contributed by atoms with Gasteiger partial charge in [-0.1, -0.05) is 6.07 Å². The van der Waals surface area contributed by atoms with E-state index in [1.165, 1.54) is 6.92 Å². The van der Waals surface area contributed by atoms with Gasteiger partial charge in [0, 0.05) is 24.4 Å². The Kier molecular flexibility index (Phi) is 4.10. The lowest BCUT2D eigenvalue weighted by atomic mass is 9.50. The molecule has 0 aromatic heterocycles. The number of ether oxygens (including phenoxy) is 2. The van der Waals surface area contributed by atoms with Crippen LogP contribution in [0.5, 0.6) is 11.5 Å². The van der Waals surface area contributed by atoms with E-state index in [2.05, 4.69) is 4.90 Å². The summed E-state index contributed by atoms with van der Waals surface area (Å²) in [6.07, 6.45) is 0.395. The molecule has 4 aliphatic rings. The number of hydrogen-bond acceptors (Lipinski definition) is 8. The maximum Gasteiger partial charge on any atom is 0.340 e. The number of aliphatic hydroxyl groups is 2. The van der Waals surface area contributed by atoms with E-state index < -0.39 is 29.2 Å². The van der Waals surface area contributed by atoms with E-state index in [-0.39, 0.29) is 36.2 Å². The van der Waals surface area contributed by atoms with Crippen LogP contribution in [0.15, 0.2) is 24.0 Å². The van der Waals surface area contributed by atoms with Crippen LogP contribution in [-0.4, -0.2) is 69.4 Å². The predicted molar refractivity (Wildman–Crippen MR) is 104 cm³/mol. The molecular weight excluding hydrogens is 390 g/mol. The van der Waals surface area contributed by atoms with Gasteiger partial charge in [0.2, 0.25) is 0 Å². The average Bonchev–Trinajstić information content (AvgIpc) is 3.04. The molecule has 160 valence electrons. The number of phenolic OH excluding ortho intramolecular Hbond substituents is 1. The molecule has 8 nitrogen and oxygen atoms in total. The Morgan fingerprint density at radius 2 is 2.17 bits per heavy atom. The maximum atomic E-state index is 12.4. The number of nitrogens with zero attached hydrogens (tertiary/aromatic N) is 1. The second-order valence-corrected chi connectivity index (χ2v) is 8.95. The SMILES string of the molecule is CC(=O)C[C@H](O)C(=O)OC1=CC[C@@]2(O)[C@H]3Cc4ccc(O)c5c4[C@@]2(CCN3C)[C@H]1O5. The zero-order valence-corrected chi connectivity index (χ0v) is 16.9. The summed E-state index contributed by atoms with van der Waals surface area (Å²) in [4.78, 5) is 25.8. The lowest BCUT2D eigenvalue weighted by Gasteiger charge is -2.61. The van der Waals surface area contributed by atoms with Crippen LogP contribution in [0, 0.1) is 0 Å². The first-order valence-corrected chi connectivity index (χ1v) is 10.2. The Morgan fingerprint density at radius 1 is 1.40 bits per heavy atom. The number of aromatic hydroxyl groups is 1. The number of aliphatic hydroxyl groups excluding tert-OH is 1. The monoisotopic (exact) mass is 415 g/mol. The van der Waals surface area contributed by atoms with Crippen molar-refractivity contribution in [3.05, 3.63) is 35.1 Å². The van der Waals surface area contributed by atoms with Crippen LogP contribution in [0.4, 0.5) is 0 Å². The summed E-state index contributed by atoms with van der Waals surface area (Å²) in [7, 11) is 1.99. The van der Waals surface area contributed by atoms with Gasteiger partial charge in [0.25, 0.3) is 0 Å². The first kappa shape index (κ1) is 19.5. The lowest BCUT2D eigenvalue weighted by molar-refractivity contribution is -0.172. The van der Waals surface area contributed by atoms with E-state index in [0.717, 1.165) is 17.7 Å². The number of piperidine rings is 1. The Bertz CT molecular complexity index is 988. The zero-order chi connectivity index (χ0) is 21.4. The molecule has 0 saturated carbocycles. The fraction of sp³-hybridized carbons (Fsp3) is 0.545. The minimum absolute atomic E-state index is 0.0143. The summed E-state index contributed by atoms with van der Waals surface area (Å²) < 4.78 is 11.7. The molecule has 1 aromatic rings. The van der Waals surface area contributed by atoms with Gasteiger partial charge in [-0.05, 0) is 51.1 Å².